The van der Waals surface area contributed by atoms with Crippen LogP contribution < -0.4 is 0 Å². The van der Waals surface area contributed by atoms with Gasteiger partial charge in [-0.1, -0.05) is 27.7 Å². The minimum atomic E-state index is -1.66. The highest BCUT2D eigenvalue weighted by atomic mass is 16.4. The number of aliphatic hydroxyl groups is 6. The molecule has 6 heteroatoms. The van der Waals surface area contributed by atoms with E-state index >= 15 is 0 Å². The molecule has 0 radical (unpaired) electrons. The van der Waals surface area contributed by atoms with Gasteiger partial charge in [-0.05, 0) is 24.7 Å². The van der Waals surface area contributed by atoms with Gasteiger partial charge in [0, 0.05) is 0 Å². The van der Waals surface area contributed by atoms with Crippen molar-refractivity contribution in [3.63, 3.8) is 0 Å². The molecule has 0 aromatic carbocycles. The van der Waals surface area contributed by atoms with Crippen LogP contribution in [-0.4, -0.2) is 67.3 Å². The predicted octanol–water partition coefficient (Wildman–Crippen LogP) is -0.900. The highest BCUT2D eigenvalue weighted by molar-refractivity contribution is 4.88. The maximum Gasteiger partial charge on any atom is 0.111 e. The fourth-order valence-electron chi connectivity index (χ4n) is 2.23. The maximum atomic E-state index is 10.1. The molecule has 0 saturated heterocycles. The van der Waals surface area contributed by atoms with E-state index in [1.165, 1.54) is 6.92 Å². The van der Waals surface area contributed by atoms with E-state index in [-0.39, 0.29) is 11.8 Å². The van der Waals surface area contributed by atoms with Gasteiger partial charge in [-0.25, -0.2) is 0 Å². The lowest BCUT2D eigenvalue weighted by molar-refractivity contribution is -0.147. The molecule has 0 aromatic rings. The third kappa shape index (κ3) is 4.95. The molecule has 0 aliphatic heterocycles. The average Bonchev–Trinajstić information content (AvgIpc) is 2.40. The van der Waals surface area contributed by atoms with E-state index in [1.54, 1.807) is 13.8 Å². The fourth-order valence-corrected chi connectivity index (χ4v) is 2.23. The summed E-state index contributed by atoms with van der Waals surface area (Å²) < 4.78 is 0. The van der Waals surface area contributed by atoms with E-state index in [0.29, 0.717) is 0 Å². The third-order valence-corrected chi connectivity index (χ3v) is 4.13. The summed E-state index contributed by atoms with van der Waals surface area (Å²) in [5.41, 5.74) is 0. The second-order valence-electron chi connectivity index (χ2n) is 6.16. The minimum Gasteiger partial charge on any atom is -0.393 e. The highest BCUT2D eigenvalue weighted by Gasteiger charge is 2.38. The van der Waals surface area contributed by atoms with Crippen molar-refractivity contribution in [3.05, 3.63) is 0 Å². The predicted molar refractivity (Wildman–Crippen MR) is 74.9 cm³/mol. The second-order valence-corrected chi connectivity index (χ2v) is 6.16. The Morgan fingerprint density at radius 3 is 1.15 bits per heavy atom. The molecule has 122 valence electrons. The van der Waals surface area contributed by atoms with Crippen molar-refractivity contribution in [1.29, 1.82) is 0 Å². The second kappa shape index (κ2) is 8.26. The van der Waals surface area contributed by atoms with Crippen LogP contribution in [0.3, 0.4) is 0 Å². The summed E-state index contributed by atoms with van der Waals surface area (Å²) in [7, 11) is 0. The standard InChI is InChI=1S/C14H30O6/c1-6(2)10(16)7(3)8(4)11(17)13(19)14(20)12(18)9(5)15/h6-20H,1-5H3. The van der Waals surface area contributed by atoms with Crippen molar-refractivity contribution in [1.82, 2.24) is 0 Å². The van der Waals surface area contributed by atoms with Gasteiger partial charge in [0.2, 0.25) is 0 Å². The van der Waals surface area contributed by atoms with E-state index in [2.05, 4.69) is 0 Å². The van der Waals surface area contributed by atoms with E-state index in [4.69, 9.17) is 0 Å². The van der Waals surface area contributed by atoms with Gasteiger partial charge in [0.1, 0.15) is 18.3 Å². The summed E-state index contributed by atoms with van der Waals surface area (Å²) in [5.74, 6) is -0.779. The van der Waals surface area contributed by atoms with Gasteiger partial charge in [0.15, 0.2) is 0 Å². The van der Waals surface area contributed by atoms with Gasteiger partial charge in [-0.15, -0.1) is 0 Å². The zero-order chi connectivity index (χ0) is 16.2. The van der Waals surface area contributed by atoms with Crippen LogP contribution >= 0.6 is 0 Å². The average molecular weight is 294 g/mol. The lowest BCUT2D eigenvalue weighted by atomic mass is 9.79. The Hall–Kier alpha value is -0.240. The fraction of sp³-hybridized carbons (Fsp3) is 1.00. The number of rotatable bonds is 8. The van der Waals surface area contributed by atoms with Gasteiger partial charge in [-0.3, -0.25) is 0 Å². The van der Waals surface area contributed by atoms with Crippen molar-refractivity contribution in [2.24, 2.45) is 17.8 Å². The topological polar surface area (TPSA) is 121 Å². The molecule has 6 N–H and O–H groups in total. The Kier molecular flexibility index (Phi) is 8.16. The van der Waals surface area contributed by atoms with Crippen LogP contribution in [0.4, 0.5) is 0 Å². The van der Waals surface area contributed by atoms with E-state index < -0.39 is 42.5 Å². The van der Waals surface area contributed by atoms with Gasteiger partial charge in [0.05, 0.1) is 18.3 Å². The Morgan fingerprint density at radius 2 is 0.800 bits per heavy atom. The smallest absolute Gasteiger partial charge is 0.111 e. The first-order valence-corrected chi connectivity index (χ1v) is 7.10. The number of hydrogen-bond donors (Lipinski definition) is 6. The molecule has 0 saturated carbocycles. The van der Waals surface area contributed by atoms with Gasteiger partial charge in [-0.2, -0.15) is 0 Å². The molecule has 0 aromatic heterocycles. The monoisotopic (exact) mass is 294 g/mol. The van der Waals surface area contributed by atoms with Crippen LogP contribution in [0.2, 0.25) is 0 Å². The van der Waals surface area contributed by atoms with E-state index in [1.807, 2.05) is 13.8 Å². The Morgan fingerprint density at radius 1 is 0.450 bits per heavy atom. The van der Waals surface area contributed by atoms with Crippen LogP contribution in [0, 0.1) is 17.8 Å². The van der Waals surface area contributed by atoms with E-state index in [0.717, 1.165) is 0 Å². The van der Waals surface area contributed by atoms with Gasteiger partial charge < -0.3 is 30.6 Å². The van der Waals surface area contributed by atoms with E-state index in [9.17, 15) is 30.6 Å². The van der Waals surface area contributed by atoms with Crippen molar-refractivity contribution < 1.29 is 30.6 Å². The van der Waals surface area contributed by atoms with Crippen LogP contribution in [0.25, 0.3) is 0 Å². The maximum absolute atomic E-state index is 10.1. The quantitative estimate of drug-likeness (QED) is 0.345. The molecule has 8 atom stereocenters. The Labute approximate surface area is 120 Å². The Bertz CT molecular complexity index is 244. The first-order valence-electron chi connectivity index (χ1n) is 7.10. The first kappa shape index (κ1) is 19.8. The molecule has 20 heavy (non-hydrogen) atoms. The molecule has 0 bridgehead atoms. The van der Waals surface area contributed by atoms with Crippen LogP contribution in [0.1, 0.15) is 34.6 Å². The minimum absolute atomic E-state index is 0.00442. The summed E-state index contributed by atoms with van der Waals surface area (Å²) in [6, 6.07) is 0. The lowest BCUT2D eigenvalue weighted by Crippen LogP contribution is -2.51. The number of hydrogen-bond acceptors (Lipinski definition) is 6. The van der Waals surface area contributed by atoms with Crippen LogP contribution in [0.15, 0.2) is 0 Å². The summed E-state index contributed by atoms with van der Waals surface area (Å²) >= 11 is 0. The molecular weight excluding hydrogens is 264 g/mol. The molecule has 0 aliphatic carbocycles. The zero-order valence-corrected chi connectivity index (χ0v) is 12.9. The molecule has 0 aliphatic rings. The Balaban J connectivity index is 4.75. The molecule has 0 spiro atoms. The van der Waals surface area contributed by atoms with Crippen molar-refractivity contribution in [2.45, 2.75) is 71.2 Å². The summed E-state index contributed by atoms with van der Waals surface area (Å²) in [6.07, 6.45) is -7.99. The molecule has 6 nitrogen and oxygen atoms in total. The van der Waals surface area contributed by atoms with Gasteiger partial charge >= 0.3 is 0 Å². The molecule has 8 unspecified atom stereocenters. The van der Waals surface area contributed by atoms with Crippen molar-refractivity contribution >= 4 is 0 Å². The zero-order valence-electron chi connectivity index (χ0n) is 12.9. The number of aliphatic hydroxyl groups excluding tert-OH is 6. The van der Waals surface area contributed by atoms with Crippen molar-refractivity contribution in [2.75, 3.05) is 0 Å². The molecule has 0 amide bonds. The molecule has 0 rings (SSSR count). The highest BCUT2D eigenvalue weighted by Crippen LogP contribution is 2.26. The SMILES string of the molecule is CC(C)C(O)C(C)C(C)C(O)C(O)C(O)C(O)C(C)O. The molecule has 0 fully saturated rings. The largest absolute Gasteiger partial charge is 0.393 e. The van der Waals surface area contributed by atoms with Crippen molar-refractivity contribution in [3.8, 4) is 0 Å². The third-order valence-electron chi connectivity index (χ3n) is 4.13. The molecule has 0 heterocycles. The normalized spacial score (nSPS) is 24.6. The first-order chi connectivity index (χ1) is 9.02. The lowest BCUT2D eigenvalue weighted by Gasteiger charge is -2.35. The summed E-state index contributed by atoms with van der Waals surface area (Å²) in [4.78, 5) is 0. The van der Waals surface area contributed by atoms with Gasteiger partial charge in [0.25, 0.3) is 0 Å². The summed E-state index contributed by atoms with van der Waals surface area (Å²) in [5, 5.41) is 58.4. The van der Waals surface area contributed by atoms with Crippen LogP contribution in [-0.2, 0) is 0 Å². The molecular formula is C14H30O6. The summed E-state index contributed by atoms with van der Waals surface area (Å²) in [6.45, 7) is 8.39. The van der Waals surface area contributed by atoms with Crippen LogP contribution in [0.5, 0.6) is 0 Å².